The van der Waals surface area contributed by atoms with Crippen LogP contribution in [-0.4, -0.2) is 30.6 Å². The molecule has 0 spiro atoms. The number of nitrogens with zero attached hydrogens (tertiary/aromatic N) is 1. The first kappa shape index (κ1) is 14.1. The summed E-state index contributed by atoms with van der Waals surface area (Å²) in [5, 5.41) is 0. The first-order chi connectivity index (χ1) is 9.88. The minimum Gasteiger partial charge on any atom is -0.329 e. The molecule has 1 aliphatic carbocycles. The van der Waals surface area contributed by atoms with Crippen molar-refractivity contribution in [3.8, 4) is 0 Å². The summed E-state index contributed by atoms with van der Waals surface area (Å²) in [6.45, 7) is 3.28. The lowest BCUT2D eigenvalue weighted by Crippen LogP contribution is -2.45. The van der Waals surface area contributed by atoms with E-state index in [-0.39, 0.29) is 0 Å². The zero-order valence-electron chi connectivity index (χ0n) is 12.5. The fraction of sp³-hybridized carbons (Fsp3) is 0.667. The van der Waals surface area contributed by atoms with Gasteiger partial charge in [0.15, 0.2) is 0 Å². The zero-order chi connectivity index (χ0) is 13.8. The summed E-state index contributed by atoms with van der Waals surface area (Å²) in [5.41, 5.74) is 7.63. The molecule has 2 unspecified atom stereocenters. The predicted molar refractivity (Wildman–Crippen MR) is 84.8 cm³/mol. The Morgan fingerprint density at radius 1 is 1.05 bits per heavy atom. The summed E-state index contributed by atoms with van der Waals surface area (Å²) >= 11 is 0. The van der Waals surface area contributed by atoms with Gasteiger partial charge >= 0.3 is 0 Å². The lowest BCUT2D eigenvalue weighted by molar-refractivity contribution is 0.146. The van der Waals surface area contributed by atoms with Gasteiger partial charge in [0.25, 0.3) is 0 Å². The van der Waals surface area contributed by atoms with Crippen molar-refractivity contribution in [3.05, 3.63) is 35.9 Å². The molecule has 0 bridgehead atoms. The third kappa shape index (κ3) is 3.07. The Morgan fingerprint density at radius 2 is 1.80 bits per heavy atom. The van der Waals surface area contributed by atoms with Crippen LogP contribution >= 0.6 is 0 Å². The quantitative estimate of drug-likeness (QED) is 0.910. The van der Waals surface area contributed by atoms with Gasteiger partial charge in [-0.1, -0.05) is 49.6 Å². The van der Waals surface area contributed by atoms with Crippen molar-refractivity contribution in [2.24, 2.45) is 11.7 Å². The molecule has 0 radical (unpaired) electrons. The maximum Gasteiger partial charge on any atom is 0.0246 e. The molecule has 2 N–H and O–H groups in total. The van der Waals surface area contributed by atoms with Crippen molar-refractivity contribution >= 4 is 0 Å². The van der Waals surface area contributed by atoms with E-state index in [1.54, 1.807) is 0 Å². The Kier molecular flexibility index (Phi) is 4.74. The van der Waals surface area contributed by atoms with E-state index in [0.29, 0.717) is 12.0 Å². The Labute approximate surface area is 123 Å². The molecule has 2 nitrogen and oxygen atoms in total. The third-order valence-corrected chi connectivity index (χ3v) is 5.40. The van der Waals surface area contributed by atoms with E-state index in [2.05, 4.69) is 35.2 Å². The van der Waals surface area contributed by atoms with Gasteiger partial charge in [0.05, 0.1) is 0 Å². The average Bonchev–Trinajstić information content (AvgIpc) is 3.00. The fourth-order valence-corrected chi connectivity index (χ4v) is 4.24. The van der Waals surface area contributed by atoms with Crippen LogP contribution in [0.1, 0.15) is 50.0 Å². The number of benzene rings is 1. The van der Waals surface area contributed by atoms with Crippen LogP contribution in [0.3, 0.4) is 0 Å². The monoisotopic (exact) mass is 272 g/mol. The second-order valence-electron chi connectivity index (χ2n) is 6.59. The highest BCUT2D eigenvalue weighted by molar-refractivity contribution is 5.21. The highest BCUT2D eigenvalue weighted by Crippen LogP contribution is 2.34. The van der Waals surface area contributed by atoms with Crippen molar-refractivity contribution in [3.63, 3.8) is 0 Å². The minimum absolute atomic E-state index is 0.629. The van der Waals surface area contributed by atoms with E-state index in [9.17, 15) is 0 Å². The maximum atomic E-state index is 6.13. The highest BCUT2D eigenvalue weighted by atomic mass is 15.2. The molecular weight excluding hydrogens is 244 g/mol. The van der Waals surface area contributed by atoms with Crippen LogP contribution < -0.4 is 5.73 Å². The van der Waals surface area contributed by atoms with Gasteiger partial charge in [0, 0.05) is 19.1 Å². The number of nitrogens with two attached hydrogens (primary N) is 1. The van der Waals surface area contributed by atoms with Crippen LogP contribution in [-0.2, 0) is 0 Å². The molecule has 2 heteroatoms. The van der Waals surface area contributed by atoms with Gasteiger partial charge in [0.2, 0.25) is 0 Å². The van der Waals surface area contributed by atoms with E-state index in [0.717, 1.165) is 12.5 Å². The van der Waals surface area contributed by atoms with Gasteiger partial charge < -0.3 is 5.73 Å². The lowest BCUT2D eigenvalue weighted by Gasteiger charge is -2.36. The highest BCUT2D eigenvalue weighted by Gasteiger charge is 2.33. The van der Waals surface area contributed by atoms with Crippen molar-refractivity contribution in [2.45, 2.75) is 50.5 Å². The smallest absolute Gasteiger partial charge is 0.0246 e. The molecule has 1 aliphatic heterocycles. The second kappa shape index (κ2) is 6.73. The molecule has 2 fully saturated rings. The van der Waals surface area contributed by atoms with E-state index in [4.69, 9.17) is 5.73 Å². The SMILES string of the molecule is NCC(C1CCCCC1)N1CCC(c2ccccc2)C1. The first-order valence-corrected chi connectivity index (χ1v) is 8.37. The summed E-state index contributed by atoms with van der Waals surface area (Å²) in [4.78, 5) is 2.69. The Morgan fingerprint density at radius 3 is 2.50 bits per heavy atom. The Bertz CT molecular complexity index is 397. The Hall–Kier alpha value is -0.860. The van der Waals surface area contributed by atoms with E-state index >= 15 is 0 Å². The fourth-order valence-electron chi connectivity index (χ4n) is 4.24. The summed E-state index contributed by atoms with van der Waals surface area (Å²) in [5.74, 6) is 1.57. The number of likely N-dealkylation sites (tertiary alicyclic amines) is 1. The molecular formula is C18H28N2. The molecule has 0 aromatic heterocycles. The van der Waals surface area contributed by atoms with E-state index in [1.807, 2.05) is 0 Å². The molecule has 3 rings (SSSR count). The van der Waals surface area contributed by atoms with Gasteiger partial charge in [-0.3, -0.25) is 4.90 Å². The lowest BCUT2D eigenvalue weighted by atomic mass is 9.83. The van der Waals surface area contributed by atoms with Crippen LogP contribution in [0, 0.1) is 5.92 Å². The normalized spacial score (nSPS) is 26.8. The van der Waals surface area contributed by atoms with Crippen molar-refractivity contribution < 1.29 is 0 Å². The van der Waals surface area contributed by atoms with Crippen LogP contribution in [0.4, 0.5) is 0 Å². The van der Waals surface area contributed by atoms with Gasteiger partial charge in [-0.15, -0.1) is 0 Å². The van der Waals surface area contributed by atoms with Crippen LogP contribution in [0.15, 0.2) is 30.3 Å². The Balaban J connectivity index is 1.63. The summed E-state index contributed by atoms with van der Waals surface area (Å²) in [6.07, 6.45) is 8.35. The average molecular weight is 272 g/mol. The van der Waals surface area contributed by atoms with E-state index in [1.165, 1.54) is 57.2 Å². The van der Waals surface area contributed by atoms with Gasteiger partial charge in [0.1, 0.15) is 0 Å². The minimum atomic E-state index is 0.629. The molecule has 2 aliphatic rings. The van der Waals surface area contributed by atoms with Gasteiger partial charge in [-0.25, -0.2) is 0 Å². The number of hydrogen-bond donors (Lipinski definition) is 1. The zero-order valence-corrected chi connectivity index (χ0v) is 12.5. The standard InChI is InChI=1S/C18H28N2/c19-13-18(16-9-5-2-6-10-16)20-12-11-17(14-20)15-7-3-1-4-8-15/h1,3-4,7-8,16-18H,2,5-6,9-14,19H2. The van der Waals surface area contributed by atoms with Crippen LogP contribution in [0.5, 0.6) is 0 Å². The van der Waals surface area contributed by atoms with Crippen molar-refractivity contribution in [2.75, 3.05) is 19.6 Å². The molecule has 20 heavy (non-hydrogen) atoms. The molecule has 1 saturated heterocycles. The summed E-state index contributed by atoms with van der Waals surface area (Å²) in [6, 6.07) is 11.6. The topological polar surface area (TPSA) is 29.3 Å². The van der Waals surface area contributed by atoms with Crippen molar-refractivity contribution in [1.82, 2.24) is 4.90 Å². The van der Waals surface area contributed by atoms with Crippen LogP contribution in [0.25, 0.3) is 0 Å². The molecule has 1 aromatic carbocycles. The van der Waals surface area contributed by atoms with E-state index < -0.39 is 0 Å². The molecule has 1 aromatic rings. The molecule has 110 valence electrons. The van der Waals surface area contributed by atoms with Gasteiger partial charge in [-0.2, -0.15) is 0 Å². The summed E-state index contributed by atoms with van der Waals surface area (Å²) < 4.78 is 0. The van der Waals surface area contributed by atoms with Gasteiger partial charge in [-0.05, 0) is 43.2 Å². The molecule has 0 amide bonds. The number of hydrogen-bond acceptors (Lipinski definition) is 2. The third-order valence-electron chi connectivity index (χ3n) is 5.40. The van der Waals surface area contributed by atoms with Crippen molar-refractivity contribution in [1.29, 1.82) is 0 Å². The first-order valence-electron chi connectivity index (χ1n) is 8.37. The van der Waals surface area contributed by atoms with Crippen LogP contribution in [0.2, 0.25) is 0 Å². The summed E-state index contributed by atoms with van der Waals surface area (Å²) in [7, 11) is 0. The largest absolute Gasteiger partial charge is 0.329 e. The second-order valence-corrected chi connectivity index (χ2v) is 6.59. The maximum absolute atomic E-state index is 6.13. The number of rotatable bonds is 4. The molecule has 2 atom stereocenters. The molecule has 1 heterocycles. The predicted octanol–water partition coefficient (Wildman–Crippen LogP) is 3.38. The molecule has 1 saturated carbocycles.